The third-order valence-corrected chi connectivity index (χ3v) is 4.16. The van der Waals surface area contributed by atoms with Crippen LogP contribution in [0.3, 0.4) is 0 Å². The highest BCUT2D eigenvalue weighted by atomic mass is 32.2. The van der Waals surface area contributed by atoms with Crippen LogP contribution in [0.15, 0.2) is 0 Å². The zero-order valence-electron chi connectivity index (χ0n) is 11.2. The van der Waals surface area contributed by atoms with Crippen molar-refractivity contribution in [3.05, 3.63) is 0 Å². The minimum Gasteiger partial charge on any atom is -0.316 e. The second kappa shape index (κ2) is 7.28. The summed E-state index contributed by atoms with van der Waals surface area (Å²) in [5.41, 5.74) is 0.236. The van der Waals surface area contributed by atoms with Gasteiger partial charge in [-0.3, -0.25) is 0 Å². The van der Waals surface area contributed by atoms with Crippen LogP contribution in [-0.2, 0) is 9.84 Å². The van der Waals surface area contributed by atoms with Gasteiger partial charge < -0.3 is 5.32 Å². The van der Waals surface area contributed by atoms with Crippen molar-refractivity contribution >= 4 is 9.84 Å². The lowest BCUT2D eigenvalue weighted by atomic mass is 9.83. The second-order valence-electron chi connectivity index (χ2n) is 5.07. The molecule has 0 aliphatic heterocycles. The van der Waals surface area contributed by atoms with Crippen LogP contribution in [0.1, 0.15) is 46.5 Å². The first-order valence-corrected chi connectivity index (χ1v) is 8.27. The lowest BCUT2D eigenvalue weighted by molar-refractivity contribution is 0.267. The maximum absolute atomic E-state index is 11.1. The normalized spacial score (nSPS) is 16.0. The molecule has 16 heavy (non-hydrogen) atoms. The molecule has 0 saturated carbocycles. The van der Waals surface area contributed by atoms with Crippen LogP contribution in [0.25, 0.3) is 0 Å². The molecule has 0 fully saturated rings. The summed E-state index contributed by atoms with van der Waals surface area (Å²) in [5.74, 6) is 0.316. The van der Waals surface area contributed by atoms with Gasteiger partial charge in [0.25, 0.3) is 0 Å². The third-order valence-electron chi connectivity index (χ3n) is 3.13. The van der Waals surface area contributed by atoms with Crippen LogP contribution < -0.4 is 5.32 Å². The Labute approximate surface area is 101 Å². The summed E-state index contributed by atoms with van der Waals surface area (Å²) in [7, 11) is -2.80. The predicted molar refractivity (Wildman–Crippen MR) is 70.5 cm³/mol. The largest absolute Gasteiger partial charge is 0.316 e. The molecule has 0 aliphatic carbocycles. The number of sulfone groups is 1. The summed E-state index contributed by atoms with van der Waals surface area (Å²) in [6, 6.07) is 0. The molecule has 0 spiro atoms. The molecule has 0 radical (unpaired) electrons. The smallest absolute Gasteiger partial charge is 0.147 e. The van der Waals surface area contributed by atoms with E-state index in [9.17, 15) is 8.42 Å². The maximum Gasteiger partial charge on any atom is 0.147 e. The maximum atomic E-state index is 11.1. The van der Waals surface area contributed by atoms with Crippen molar-refractivity contribution in [2.45, 2.75) is 46.5 Å². The van der Waals surface area contributed by atoms with Crippen molar-refractivity contribution in [3.63, 3.8) is 0 Å². The lowest BCUT2D eigenvalue weighted by Crippen LogP contribution is -2.32. The van der Waals surface area contributed by atoms with Gasteiger partial charge in [-0.15, -0.1) is 0 Å². The molecule has 0 heterocycles. The Morgan fingerprint density at radius 3 is 2.31 bits per heavy atom. The topological polar surface area (TPSA) is 46.2 Å². The van der Waals surface area contributed by atoms with E-state index < -0.39 is 9.84 Å². The van der Waals surface area contributed by atoms with E-state index in [1.165, 1.54) is 6.26 Å². The molecule has 0 aromatic heterocycles. The monoisotopic (exact) mass is 249 g/mol. The highest BCUT2D eigenvalue weighted by Crippen LogP contribution is 2.26. The summed E-state index contributed by atoms with van der Waals surface area (Å²) < 4.78 is 22.1. The van der Waals surface area contributed by atoms with Crippen LogP contribution in [0, 0.1) is 5.41 Å². The predicted octanol–water partition coefficient (Wildman–Crippen LogP) is 2.23. The van der Waals surface area contributed by atoms with Gasteiger partial charge in [0.05, 0.1) is 0 Å². The Kier molecular flexibility index (Phi) is 7.24. The van der Waals surface area contributed by atoms with Gasteiger partial charge in [-0.1, -0.05) is 20.8 Å². The number of nitrogens with one attached hydrogen (secondary N) is 1. The van der Waals surface area contributed by atoms with Crippen molar-refractivity contribution in [2.75, 3.05) is 25.1 Å². The highest BCUT2D eigenvalue weighted by Gasteiger charge is 2.21. The Morgan fingerprint density at radius 2 is 1.88 bits per heavy atom. The van der Waals surface area contributed by atoms with E-state index >= 15 is 0 Å². The third kappa shape index (κ3) is 8.11. The number of hydrogen-bond acceptors (Lipinski definition) is 3. The molecular weight excluding hydrogens is 222 g/mol. The Bertz CT molecular complexity index is 275. The fourth-order valence-electron chi connectivity index (χ4n) is 1.72. The summed E-state index contributed by atoms with van der Waals surface area (Å²) in [4.78, 5) is 0. The standard InChI is InChI=1S/C12H27NO2S/c1-5-9-13-11-12(3,6-2)8-7-10-16(4,14)15/h13H,5-11H2,1-4H3. The van der Waals surface area contributed by atoms with E-state index in [0.717, 1.165) is 38.8 Å². The summed E-state index contributed by atoms with van der Waals surface area (Å²) in [6.45, 7) is 8.59. The van der Waals surface area contributed by atoms with Crippen LogP contribution in [0.5, 0.6) is 0 Å². The van der Waals surface area contributed by atoms with Crippen molar-refractivity contribution in [2.24, 2.45) is 5.41 Å². The molecule has 0 rings (SSSR count). The van der Waals surface area contributed by atoms with Crippen LogP contribution >= 0.6 is 0 Å². The first kappa shape index (κ1) is 15.9. The minimum atomic E-state index is -2.80. The van der Waals surface area contributed by atoms with Gasteiger partial charge in [0.15, 0.2) is 0 Å². The summed E-state index contributed by atoms with van der Waals surface area (Å²) in [5, 5.41) is 3.42. The SMILES string of the molecule is CCCNCC(C)(CC)CCCS(C)(=O)=O. The quantitative estimate of drug-likeness (QED) is 0.637. The molecule has 0 aliphatic rings. The molecule has 1 atom stereocenters. The summed E-state index contributed by atoms with van der Waals surface area (Å²) in [6.07, 6.45) is 5.30. The fraction of sp³-hybridized carbons (Fsp3) is 1.00. The van der Waals surface area contributed by atoms with Gasteiger partial charge in [-0.25, -0.2) is 8.42 Å². The van der Waals surface area contributed by atoms with Gasteiger partial charge in [-0.05, 0) is 37.6 Å². The minimum absolute atomic E-state index is 0.236. The molecule has 1 unspecified atom stereocenters. The summed E-state index contributed by atoms with van der Waals surface area (Å²) >= 11 is 0. The van der Waals surface area contributed by atoms with Crippen molar-refractivity contribution in [3.8, 4) is 0 Å². The second-order valence-corrected chi connectivity index (χ2v) is 7.33. The van der Waals surface area contributed by atoms with Crippen LogP contribution in [-0.4, -0.2) is 33.5 Å². The van der Waals surface area contributed by atoms with E-state index in [2.05, 4.69) is 26.1 Å². The Hall–Kier alpha value is -0.0900. The molecule has 1 N–H and O–H groups in total. The molecular formula is C12H27NO2S. The molecule has 3 nitrogen and oxygen atoms in total. The Balaban J connectivity index is 3.96. The van der Waals surface area contributed by atoms with E-state index in [4.69, 9.17) is 0 Å². The molecule has 0 aromatic carbocycles. The Morgan fingerprint density at radius 1 is 1.25 bits per heavy atom. The zero-order chi connectivity index (χ0) is 12.7. The molecule has 0 amide bonds. The van der Waals surface area contributed by atoms with Gasteiger partial charge in [0.2, 0.25) is 0 Å². The van der Waals surface area contributed by atoms with Crippen molar-refractivity contribution in [1.29, 1.82) is 0 Å². The molecule has 0 aromatic rings. The van der Waals surface area contributed by atoms with Crippen LogP contribution in [0.4, 0.5) is 0 Å². The highest BCUT2D eigenvalue weighted by molar-refractivity contribution is 7.90. The van der Waals surface area contributed by atoms with E-state index in [-0.39, 0.29) is 5.41 Å². The average molecular weight is 249 g/mol. The van der Waals surface area contributed by atoms with Gasteiger partial charge in [-0.2, -0.15) is 0 Å². The van der Waals surface area contributed by atoms with Crippen LogP contribution in [0.2, 0.25) is 0 Å². The van der Waals surface area contributed by atoms with Gasteiger partial charge in [0, 0.05) is 18.6 Å². The first-order valence-electron chi connectivity index (χ1n) is 6.21. The van der Waals surface area contributed by atoms with Crippen molar-refractivity contribution < 1.29 is 8.42 Å². The zero-order valence-corrected chi connectivity index (χ0v) is 12.0. The fourth-order valence-corrected chi connectivity index (χ4v) is 2.39. The van der Waals surface area contributed by atoms with E-state index in [1.54, 1.807) is 0 Å². The number of rotatable bonds is 9. The lowest BCUT2D eigenvalue weighted by Gasteiger charge is -2.28. The van der Waals surface area contributed by atoms with E-state index in [1.807, 2.05) is 0 Å². The molecule has 4 heteroatoms. The van der Waals surface area contributed by atoms with Gasteiger partial charge >= 0.3 is 0 Å². The molecule has 0 bridgehead atoms. The van der Waals surface area contributed by atoms with Crippen molar-refractivity contribution in [1.82, 2.24) is 5.32 Å². The molecule has 0 saturated heterocycles. The number of hydrogen-bond donors (Lipinski definition) is 1. The average Bonchev–Trinajstić information content (AvgIpc) is 2.16. The van der Waals surface area contributed by atoms with E-state index in [0.29, 0.717) is 5.75 Å². The first-order chi connectivity index (χ1) is 7.33. The van der Waals surface area contributed by atoms with Gasteiger partial charge in [0.1, 0.15) is 9.84 Å². The molecule has 98 valence electrons.